The van der Waals surface area contributed by atoms with E-state index in [1.807, 2.05) is 18.2 Å². The number of halogens is 1. The zero-order valence-electron chi connectivity index (χ0n) is 14.0. The minimum absolute atomic E-state index is 0.0232. The van der Waals surface area contributed by atoms with Gasteiger partial charge in [0.25, 0.3) is 5.91 Å². The first-order chi connectivity index (χ1) is 12.5. The molecule has 0 atom stereocenters. The van der Waals surface area contributed by atoms with Gasteiger partial charge in [0.05, 0.1) is 25.4 Å². The number of para-hydroxylation sites is 1. The van der Waals surface area contributed by atoms with Crippen LogP contribution in [0.2, 0.25) is 0 Å². The zero-order valence-corrected chi connectivity index (χ0v) is 15.5. The van der Waals surface area contributed by atoms with Crippen molar-refractivity contribution in [3.8, 4) is 5.75 Å². The smallest absolute Gasteiger partial charge is 0.310 e. The van der Waals surface area contributed by atoms with Gasteiger partial charge < -0.3 is 19.6 Å². The van der Waals surface area contributed by atoms with Crippen LogP contribution in [0.4, 0.5) is 0 Å². The van der Waals surface area contributed by atoms with Crippen LogP contribution in [0.5, 0.6) is 5.75 Å². The Morgan fingerprint density at radius 3 is 2.73 bits per heavy atom. The van der Waals surface area contributed by atoms with Crippen LogP contribution in [0.25, 0.3) is 11.0 Å². The van der Waals surface area contributed by atoms with Crippen molar-refractivity contribution in [2.24, 2.45) is 5.73 Å². The average Bonchev–Trinajstić information content (AvgIpc) is 3.02. The molecule has 1 amide bonds. The van der Waals surface area contributed by atoms with Crippen LogP contribution in [0.15, 0.2) is 51.6 Å². The van der Waals surface area contributed by atoms with Gasteiger partial charge in [0.2, 0.25) is 0 Å². The summed E-state index contributed by atoms with van der Waals surface area (Å²) < 4.78 is 17.0. The predicted molar refractivity (Wildman–Crippen MR) is 98.9 cm³/mol. The molecule has 2 aromatic carbocycles. The fraction of sp³-hybridized carbons (Fsp3) is 0.158. The predicted octanol–water partition coefficient (Wildman–Crippen LogP) is 3.59. The molecule has 3 aromatic rings. The molecule has 0 saturated heterocycles. The zero-order chi connectivity index (χ0) is 18.7. The standard InChI is InChI=1S/C19H16BrNO5/c1-24-17(22)7-11-3-2-4-14(19(21)23)18(11)26-10-12-9-25-16-6-5-13(20)8-15(12)16/h2-6,8-9H,7,10H2,1H3,(H2,21,23). The number of benzene rings is 2. The van der Waals surface area contributed by atoms with E-state index in [0.717, 1.165) is 21.0 Å². The van der Waals surface area contributed by atoms with Gasteiger partial charge >= 0.3 is 5.97 Å². The third-order valence-corrected chi connectivity index (χ3v) is 4.41. The molecule has 0 radical (unpaired) electrons. The third-order valence-electron chi connectivity index (χ3n) is 3.91. The molecule has 6 nitrogen and oxygen atoms in total. The lowest BCUT2D eigenvalue weighted by Crippen LogP contribution is -2.15. The highest BCUT2D eigenvalue weighted by Gasteiger charge is 2.18. The molecular weight excluding hydrogens is 402 g/mol. The summed E-state index contributed by atoms with van der Waals surface area (Å²) >= 11 is 3.43. The number of hydrogen-bond acceptors (Lipinski definition) is 5. The number of fused-ring (bicyclic) bond motifs is 1. The van der Waals surface area contributed by atoms with Crippen molar-refractivity contribution < 1.29 is 23.5 Å². The van der Waals surface area contributed by atoms with E-state index in [4.69, 9.17) is 19.6 Å². The monoisotopic (exact) mass is 417 g/mol. The third kappa shape index (κ3) is 3.72. The van der Waals surface area contributed by atoms with Gasteiger partial charge in [-0.05, 0) is 24.3 Å². The topological polar surface area (TPSA) is 91.8 Å². The number of furan rings is 1. The van der Waals surface area contributed by atoms with Crippen molar-refractivity contribution in [2.75, 3.05) is 7.11 Å². The number of primary amides is 1. The van der Waals surface area contributed by atoms with Crippen molar-refractivity contribution in [1.29, 1.82) is 0 Å². The minimum Gasteiger partial charge on any atom is -0.488 e. The normalized spacial score (nSPS) is 10.7. The van der Waals surface area contributed by atoms with Crippen LogP contribution >= 0.6 is 15.9 Å². The molecule has 0 aliphatic heterocycles. The second kappa shape index (κ2) is 7.61. The summed E-state index contributed by atoms with van der Waals surface area (Å²) in [5.41, 5.74) is 7.72. The number of amides is 1. The largest absolute Gasteiger partial charge is 0.488 e. The molecule has 1 aromatic heterocycles. The van der Waals surface area contributed by atoms with E-state index in [1.165, 1.54) is 7.11 Å². The second-order valence-corrected chi connectivity index (χ2v) is 6.52. The number of esters is 1. The van der Waals surface area contributed by atoms with Crippen molar-refractivity contribution >= 4 is 38.8 Å². The van der Waals surface area contributed by atoms with E-state index < -0.39 is 11.9 Å². The molecule has 7 heteroatoms. The number of hydrogen-bond donors (Lipinski definition) is 1. The summed E-state index contributed by atoms with van der Waals surface area (Å²) in [6, 6.07) is 10.6. The summed E-state index contributed by atoms with van der Waals surface area (Å²) in [5, 5.41) is 0.894. The summed E-state index contributed by atoms with van der Waals surface area (Å²) in [4.78, 5) is 23.4. The summed E-state index contributed by atoms with van der Waals surface area (Å²) in [6.07, 6.45) is 1.58. The quantitative estimate of drug-likeness (QED) is 0.618. The van der Waals surface area contributed by atoms with Crippen molar-refractivity contribution in [2.45, 2.75) is 13.0 Å². The van der Waals surface area contributed by atoms with Crippen LogP contribution in [-0.2, 0) is 22.6 Å². The maximum absolute atomic E-state index is 11.7. The van der Waals surface area contributed by atoms with Gasteiger partial charge in [0.1, 0.15) is 17.9 Å². The van der Waals surface area contributed by atoms with E-state index in [9.17, 15) is 9.59 Å². The molecule has 0 bridgehead atoms. The van der Waals surface area contributed by atoms with E-state index in [0.29, 0.717) is 5.56 Å². The maximum atomic E-state index is 11.7. The Bertz CT molecular complexity index is 979. The first-order valence-corrected chi connectivity index (χ1v) is 8.56. The van der Waals surface area contributed by atoms with Crippen LogP contribution < -0.4 is 10.5 Å². The molecule has 1 heterocycles. The number of carbonyl (C=O) groups is 2. The Morgan fingerprint density at radius 2 is 2.00 bits per heavy atom. The lowest BCUT2D eigenvalue weighted by molar-refractivity contribution is -0.139. The van der Waals surface area contributed by atoms with E-state index in [2.05, 4.69) is 15.9 Å². The first-order valence-electron chi connectivity index (χ1n) is 7.76. The van der Waals surface area contributed by atoms with Crippen LogP contribution in [0, 0.1) is 0 Å². The average molecular weight is 418 g/mol. The summed E-state index contributed by atoms with van der Waals surface area (Å²) in [5.74, 6) is -0.796. The minimum atomic E-state index is -0.633. The number of rotatable bonds is 6. The molecule has 0 aliphatic rings. The Morgan fingerprint density at radius 1 is 1.19 bits per heavy atom. The Hall–Kier alpha value is -2.80. The van der Waals surface area contributed by atoms with Gasteiger partial charge in [-0.1, -0.05) is 28.1 Å². The molecule has 134 valence electrons. The van der Waals surface area contributed by atoms with Gasteiger partial charge in [0, 0.05) is 21.0 Å². The summed E-state index contributed by atoms with van der Waals surface area (Å²) in [7, 11) is 1.30. The van der Waals surface area contributed by atoms with Crippen molar-refractivity contribution in [1.82, 2.24) is 0 Å². The Kier molecular flexibility index (Phi) is 5.27. The lowest BCUT2D eigenvalue weighted by Gasteiger charge is -2.13. The molecule has 3 rings (SSSR count). The fourth-order valence-corrected chi connectivity index (χ4v) is 2.99. The fourth-order valence-electron chi connectivity index (χ4n) is 2.63. The molecule has 26 heavy (non-hydrogen) atoms. The van der Waals surface area contributed by atoms with E-state index >= 15 is 0 Å². The van der Waals surface area contributed by atoms with Gasteiger partial charge in [-0.3, -0.25) is 9.59 Å². The lowest BCUT2D eigenvalue weighted by atomic mass is 10.1. The summed E-state index contributed by atoms with van der Waals surface area (Å²) in [6.45, 7) is 0.155. The Balaban J connectivity index is 1.93. The number of nitrogens with two attached hydrogens (primary N) is 1. The molecule has 2 N–H and O–H groups in total. The van der Waals surface area contributed by atoms with Gasteiger partial charge in [-0.15, -0.1) is 0 Å². The Labute approximate surface area is 158 Å². The molecule has 0 aliphatic carbocycles. The molecule has 0 unspecified atom stereocenters. The van der Waals surface area contributed by atoms with E-state index in [1.54, 1.807) is 24.5 Å². The highest BCUT2D eigenvalue weighted by atomic mass is 79.9. The van der Waals surface area contributed by atoms with Crippen LogP contribution in [0.3, 0.4) is 0 Å². The number of methoxy groups -OCH3 is 1. The second-order valence-electron chi connectivity index (χ2n) is 5.60. The number of ether oxygens (including phenoxy) is 2. The van der Waals surface area contributed by atoms with E-state index in [-0.39, 0.29) is 24.3 Å². The van der Waals surface area contributed by atoms with Crippen molar-refractivity contribution in [3.63, 3.8) is 0 Å². The van der Waals surface area contributed by atoms with Gasteiger partial charge in [-0.2, -0.15) is 0 Å². The van der Waals surface area contributed by atoms with Crippen molar-refractivity contribution in [3.05, 3.63) is 63.8 Å². The molecule has 0 saturated carbocycles. The highest BCUT2D eigenvalue weighted by Crippen LogP contribution is 2.29. The highest BCUT2D eigenvalue weighted by molar-refractivity contribution is 9.10. The molecule has 0 spiro atoms. The molecule has 0 fully saturated rings. The van der Waals surface area contributed by atoms with Gasteiger partial charge in [-0.25, -0.2) is 0 Å². The van der Waals surface area contributed by atoms with Gasteiger partial charge in [0.15, 0.2) is 0 Å². The number of carbonyl (C=O) groups excluding carboxylic acids is 2. The van der Waals surface area contributed by atoms with Crippen LogP contribution in [-0.4, -0.2) is 19.0 Å². The molecular formula is C19H16BrNO5. The SMILES string of the molecule is COC(=O)Cc1cccc(C(N)=O)c1OCc1coc2ccc(Br)cc12. The maximum Gasteiger partial charge on any atom is 0.310 e. The first kappa shape index (κ1) is 18.0. The van der Waals surface area contributed by atoms with Crippen LogP contribution in [0.1, 0.15) is 21.5 Å².